The van der Waals surface area contributed by atoms with Gasteiger partial charge in [-0.05, 0) is 12.1 Å². The molecule has 0 unspecified atom stereocenters. The molecule has 0 aromatic carbocycles. The SMILES string of the molecule is Nc1ccc2nccn2c1C(=O)O. The molecule has 0 atom stereocenters. The van der Waals surface area contributed by atoms with Gasteiger partial charge in [-0.2, -0.15) is 0 Å². The zero-order chi connectivity index (χ0) is 9.42. The van der Waals surface area contributed by atoms with E-state index in [2.05, 4.69) is 4.98 Å². The largest absolute Gasteiger partial charge is 0.476 e. The number of hydrogen-bond donors (Lipinski definition) is 2. The fourth-order valence-corrected chi connectivity index (χ4v) is 1.24. The van der Waals surface area contributed by atoms with Gasteiger partial charge >= 0.3 is 5.97 Å². The highest BCUT2D eigenvalue weighted by Crippen LogP contribution is 2.13. The zero-order valence-corrected chi connectivity index (χ0v) is 6.64. The number of imidazole rings is 1. The molecule has 5 heteroatoms. The number of aromatic nitrogens is 2. The summed E-state index contributed by atoms with van der Waals surface area (Å²) in [5.41, 5.74) is 6.38. The summed E-state index contributed by atoms with van der Waals surface area (Å²) in [4.78, 5) is 14.8. The van der Waals surface area contributed by atoms with E-state index in [1.807, 2.05) is 0 Å². The lowest BCUT2D eigenvalue weighted by molar-refractivity contribution is 0.0690. The normalized spacial score (nSPS) is 10.5. The Morgan fingerprint density at radius 2 is 2.31 bits per heavy atom. The zero-order valence-electron chi connectivity index (χ0n) is 6.64. The summed E-state index contributed by atoms with van der Waals surface area (Å²) in [5.74, 6) is -1.05. The molecule has 0 saturated heterocycles. The highest BCUT2D eigenvalue weighted by molar-refractivity contribution is 5.92. The second-order valence-corrected chi connectivity index (χ2v) is 2.60. The third kappa shape index (κ3) is 1.01. The summed E-state index contributed by atoms with van der Waals surface area (Å²) in [6.07, 6.45) is 3.09. The Morgan fingerprint density at radius 1 is 1.54 bits per heavy atom. The number of nitrogens with two attached hydrogens (primary N) is 1. The molecule has 2 aromatic heterocycles. The number of anilines is 1. The summed E-state index contributed by atoms with van der Waals surface area (Å²) in [5, 5.41) is 8.85. The van der Waals surface area contributed by atoms with Crippen LogP contribution in [0.1, 0.15) is 10.5 Å². The van der Waals surface area contributed by atoms with Crippen LogP contribution >= 0.6 is 0 Å². The maximum atomic E-state index is 10.8. The second kappa shape index (κ2) is 2.48. The Balaban J connectivity index is 2.88. The monoisotopic (exact) mass is 177 g/mol. The fourth-order valence-electron chi connectivity index (χ4n) is 1.24. The summed E-state index contributed by atoms with van der Waals surface area (Å²) in [6, 6.07) is 3.20. The molecule has 0 amide bonds. The number of carbonyl (C=O) groups is 1. The van der Waals surface area contributed by atoms with E-state index in [1.54, 1.807) is 12.3 Å². The van der Waals surface area contributed by atoms with Gasteiger partial charge in [0.1, 0.15) is 5.65 Å². The van der Waals surface area contributed by atoms with E-state index >= 15 is 0 Å². The average Bonchev–Trinajstić information content (AvgIpc) is 2.50. The molecule has 0 aliphatic heterocycles. The van der Waals surface area contributed by atoms with Crippen molar-refractivity contribution in [2.75, 3.05) is 5.73 Å². The first-order valence-corrected chi connectivity index (χ1v) is 3.65. The smallest absolute Gasteiger partial charge is 0.355 e. The number of pyridine rings is 1. The van der Waals surface area contributed by atoms with E-state index in [0.29, 0.717) is 5.65 Å². The van der Waals surface area contributed by atoms with Crippen LogP contribution in [0.5, 0.6) is 0 Å². The highest BCUT2D eigenvalue weighted by atomic mass is 16.4. The lowest BCUT2D eigenvalue weighted by atomic mass is 10.3. The van der Waals surface area contributed by atoms with Crippen molar-refractivity contribution in [3.05, 3.63) is 30.2 Å². The van der Waals surface area contributed by atoms with Crippen molar-refractivity contribution in [1.29, 1.82) is 0 Å². The third-order valence-electron chi connectivity index (χ3n) is 1.80. The number of nitrogen functional groups attached to an aromatic ring is 1. The number of nitrogens with zero attached hydrogens (tertiary/aromatic N) is 2. The molecule has 66 valence electrons. The number of hydrogen-bond acceptors (Lipinski definition) is 3. The first-order chi connectivity index (χ1) is 6.20. The average molecular weight is 177 g/mol. The van der Waals surface area contributed by atoms with Crippen LogP contribution in [-0.2, 0) is 0 Å². The van der Waals surface area contributed by atoms with Crippen LogP contribution in [0.2, 0.25) is 0 Å². The second-order valence-electron chi connectivity index (χ2n) is 2.60. The molecule has 0 spiro atoms. The van der Waals surface area contributed by atoms with Gasteiger partial charge in [0.05, 0.1) is 5.69 Å². The maximum absolute atomic E-state index is 10.8. The summed E-state index contributed by atoms with van der Waals surface area (Å²) < 4.78 is 1.44. The molecule has 0 bridgehead atoms. The summed E-state index contributed by atoms with van der Waals surface area (Å²) >= 11 is 0. The molecule has 0 saturated carbocycles. The number of aromatic carboxylic acids is 1. The molecule has 2 heterocycles. The van der Waals surface area contributed by atoms with Crippen molar-refractivity contribution >= 4 is 17.3 Å². The highest BCUT2D eigenvalue weighted by Gasteiger charge is 2.11. The molecule has 0 aliphatic carbocycles. The van der Waals surface area contributed by atoms with Gasteiger partial charge in [-0.3, -0.25) is 4.40 Å². The van der Waals surface area contributed by atoms with E-state index in [9.17, 15) is 4.79 Å². The van der Waals surface area contributed by atoms with Crippen LogP contribution < -0.4 is 5.73 Å². The number of carboxylic acids is 1. The van der Waals surface area contributed by atoms with Crippen LogP contribution in [0.15, 0.2) is 24.5 Å². The van der Waals surface area contributed by atoms with Gasteiger partial charge in [0.25, 0.3) is 0 Å². The summed E-state index contributed by atoms with van der Waals surface area (Å²) in [6.45, 7) is 0. The molecule has 2 aromatic rings. The Hall–Kier alpha value is -2.04. The van der Waals surface area contributed by atoms with Gasteiger partial charge in [0.15, 0.2) is 5.69 Å². The van der Waals surface area contributed by atoms with Crippen molar-refractivity contribution < 1.29 is 9.90 Å². The summed E-state index contributed by atoms with van der Waals surface area (Å²) in [7, 11) is 0. The predicted molar refractivity (Wildman–Crippen MR) is 46.6 cm³/mol. The lowest BCUT2D eigenvalue weighted by Crippen LogP contribution is -2.08. The van der Waals surface area contributed by atoms with E-state index in [0.717, 1.165) is 0 Å². The van der Waals surface area contributed by atoms with E-state index < -0.39 is 5.97 Å². The molecule has 5 nitrogen and oxygen atoms in total. The molecular weight excluding hydrogens is 170 g/mol. The molecule has 2 rings (SSSR count). The van der Waals surface area contributed by atoms with Crippen molar-refractivity contribution in [2.45, 2.75) is 0 Å². The minimum atomic E-state index is -1.05. The Kier molecular flexibility index (Phi) is 1.45. The minimum absolute atomic E-state index is 0.0509. The van der Waals surface area contributed by atoms with Gasteiger partial charge < -0.3 is 10.8 Å². The van der Waals surface area contributed by atoms with Gasteiger partial charge in [-0.1, -0.05) is 0 Å². The van der Waals surface area contributed by atoms with E-state index in [1.165, 1.54) is 16.7 Å². The van der Waals surface area contributed by atoms with Crippen LogP contribution in [0.4, 0.5) is 5.69 Å². The Morgan fingerprint density at radius 3 is 3.00 bits per heavy atom. The van der Waals surface area contributed by atoms with E-state index in [4.69, 9.17) is 10.8 Å². The maximum Gasteiger partial charge on any atom is 0.355 e. The van der Waals surface area contributed by atoms with Crippen molar-refractivity contribution in [2.24, 2.45) is 0 Å². The molecular formula is C8H7N3O2. The molecule has 0 fully saturated rings. The third-order valence-corrected chi connectivity index (χ3v) is 1.80. The number of carboxylic acid groups (broad SMARTS) is 1. The first-order valence-electron chi connectivity index (χ1n) is 3.65. The fraction of sp³-hybridized carbons (Fsp3) is 0. The number of fused-ring (bicyclic) bond motifs is 1. The Bertz CT molecular complexity index is 475. The van der Waals surface area contributed by atoms with Crippen LogP contribution in [0.25, 0.3) is 5.65 Å². The van der Waals surface area contributed by atoms with Gasteiger partial charge in [-0.25, -0.2) is 9.78 Å². The van der Waals surface area contributed by atoms with Crippen molar-refractivity contribution in [3.8, 4) is 0 Å². The lowest BCUT2D eigenvalue weighted by Gasteiger charge is -2.02. The molecule has 3 N–H and O–H groups in total. The minimum Gasteiger partial charge on any atom is -0.476 e. The van der Waals surface area contributed by atoms with Gasteiger partial charge in [0, 0.05) is 12.4 Å². The van der Waals surface area contributed by atoms with Gasteiger partial charge in [0.2, 0.25) is 0 Å². The quantitative estimate of drug-likeness (QED) is 0.668. The van der Waals surface area contributed by atoms with E-state index in [-0.39, 0.29) is 11.4 Å². The van der Waals surface area contributed by atoms with Crippen LogP contribution in [0, 0.1) is 0 Å². The predicted octanol–water partition coefficient (Wildman–Crippen LogP) is 0.615. The number of rotatable bonds is 1. The van der Waals surface area contributed by atoms with Gasteiger partial charge in [-0.15, -0.1) is 0 Å². The molecule has 13 heavy (non-hydrogen) atoms. The van der Waals surface area contributed by atoms with Crippen LogP contribution in [-0.4, -0.2) is 20.5 Å². The topological polar surface area (TPSA) is 80.6 Å². The molecule has 0 aliphatic rings. The Labute approximate surface area is 73.4 Å². The van der Waals surface area contributed by atoms with Crippen molar-refractivity contribution in [3.63, 3.8) is 0 Å². The standard InChI is InChI=1S/C8H7N3O2/c9-5-1-2-6-10-3-4-11(6)7(5)8(12)13/h1-4H,9H2,(H,12,13). The first kappa shape index (κ1) is 7.60. The molecule has 0 radical (unpaired) electrons. The van der Waals surface area contributed by atoms with Crippen LogP contribution in [0.3, 0.4) is 0 Å². The van der Waals surface area contributed by atoms with Crippen molar-refractivity contribution in [1.82, 2.24) is 9.38 Å².